The number of hydrogen-bond donors (Lipinski definition) is 3. The lowest BCUT2D eigenvalue weighted by Crippen LogP contribution is -2.38. The van der Waals surface area contributed by atoms with Crippen molar-refractivity contribution in [3.63, 3.8) is 0 Å². The SMILES string of the molecule is O=C(NCC(OCCO)c1ccsc1)C(=O)Nc1cccc(C(F)(F)F)c1. The van der Waals surface area contributed by atoms with Gasteiger partial charge in [-0.15, -0.1) is 0 Å². The van der Waals surface area contributed by atoms with E-state index in [1.807, 2.05) is 5.38 Å². The monoisotopic (exact) mass is 402 g/mol. The number of benzene rings is 1. The number of amides is 2. The predicted octanol–water partition coefficient (Wildman–Crippen LogP) is 2.57. The van der Waals surface area contributed by atoms with Crippen LogP contribution in [0.25, 0.3) is 0 Å². The molecule has 0 radical (unpaired) electrons. The number of ether oxygens (including phenoxy) is 1. The third kappa shape index (κ3) is 6.35. The van der Waals surface area contributed by atoms with Crippen molar-refractivity contribution in [3.05, 3.63) is 52.2 Å². The van der Waals surface area contributed by atoms with E-state index in [0.29, 0.717) is 0 Å². The quantitative estimate of drug-likeness (QED) is 0.622. The number of hydrogen-bond acceptors (Lipinski definition) is 5. The van der Waals surface area contributed by atoms with Crippen molar-refractivity contribution in [3.8, 4) is 0 Å². The van der Waals surface area contributed by atoms with E-state index in [1.165, 1.54) is 17.4 Å². The van der Waals surface area contributed by atoms with Gasteiger partial charge in [0.2, 0.25) is 0 Å². The maximum Gasteiger partial charge on any atom is 0.416 e. The number of alkyl halides is 3. The molecule has 2 amide bonds. The molecule has 27 heavy (non-hydrogen) atoms. The van der Waals surface area contributed by atoms with Crippen LogP contribution in [0, 0.1) is 0 Å². The average Bonchev–Trinajstić information content (AvgIpc) is 3.15. The van der Waals surface area contributed by atoms with Gasteiger partial charge < -0.3 is 20.5 Å². The van der Waals surface area contributed by atoms with Crippen molar-refractivity contribution in [2.45, 2.75) is 12.3 Å². The van der Waals surface area contributed by atoms with Crippen molar-refractivity contribution < 1.29 is 32.6 Å². The Morgan fingerprint density at radius 1 is 1.22 bits per heavy atom. The van der Waals surface area contributed by atoms with E-state index in [-0.39, 0.29) is 25.4 Å². The summed E-state index contributed by atoms with van der Waals surface area (Å²) in [6.45, 7) is -0.191. The summed E-state index contributed by atoms with van der Waals surface area (Å²) in [6, 6.07) is 5.76. The summed E-state index contributed by atoms with van der Waals surface area (Å²) in [5.74, 6) is -2.11. The van der Waals surface area contributed by atoms with Crippen molar-refractivity contribution in [1.82, 2.24) is 5.32 Å². The molecule has 1 aromatic heterocycles. The van der Waals surface area contributed by atoms with Gasteiger partial charge in [-0.25, -0.2) is 0 Å². The van der Waals surface area contributed by atoms with Crippen LogP contribution >= 0.6 is 11.3 Å². The van der Waals surface area contributed by atoms with Gasteiger partial charge in [0.25, 0.3) is 0 Å². The minimum absolute atomic E-state index is 0.0361. The largest absolute Gasteiger partial charge is 0.416 e. The van der Waals surface area contributed by atoms with E-state index in [1.54, 1.807) is 11.4 Å². The van der Waals surface area contributed by atoms with Crippen molar-refractivity contribution in [2.75, 3.05) is 25.1 Å². The van der Waals surface area contributed by atoms with E-state index in [0.717, 1.165) is 23.8 Å². The normalized spacial score (nSPS) is 12.4. The Balaban J connectivity index is 1.94. The minimum atomic E-state index is -4.55. The number of anilines is 1. The van der Waals surface area contributed by atoms with Crippen molar-refractivity contribution >= 4 is 28.8 Å². The molecule has 0 fully saturated rings. The molecule has 0 spiro atoms. The van der Waals surface area contributed by atoms with Crippen LogP contribution in [0.1, 0.15) is 17.2 Å². The fourth-order valence-electron chi connectivity index (χ4n) is 2.15. The Labute approximate surface area is 157 Å². The third-order valence-corrected chi connectivity index (χ3v) is 4.13. The van der Waals surface area contributed by atoms with Gasteiger partial charge in [-0.2, -0.15) is 24.5 Å². The van der Waals surface area contributed by atoms with Crippen LogP contribution < -0.4 is 10.6 Å². The minimum Gasteiger partial charge on any atom is -0.394 e. The second kappa shape index (κ2) is 9.49. The molecule has 1 atom stereocenters. The summed E-state index contributed by atoms with van der Waals surface area (Å²) >= 11 is 1.42. The van der Waals surface area contributed by atoms with E-state index in [9.17, 15) is 22.8 Å². The second-order valence-electron chi connectivity index (χ2n) is 5.38. The zero-order valence-electron chi connectivity index (χ0n) is 14.0. The highest BCUT2D eigenvalue weighted by molar-refractivity contribution is 7.07. The Morgan fingerprint density at radius 2 is 2.00 bits per heavy atom. The number of thiophene rings is 1. The molecular weight excluding hydrogens is 385 g/mol. The molecule has 2 aromatic rings. The van der Waals surface area contributed by atoms with Crippen LogP contribution in [0.15, 0.2) is 41.1 Å². The zero-order chi connectivity index (χ0) is 19.9. The second-order valence-corrected chi connectivity index (χ2v) is 6.16. The number of aliphatic hydroxyl groups excluding tert-OH is 1. The molecule has 0 saturated heterocycles. The third-order valence-electron chi connectivity index (χ3n) is 3.43. The first-order chi connectivity index (χ1) is 12.8. The fourth-order valence-corrected chi connectivity index (χ4v) is 2.85. The Bertz CT molecular complexity index is 766. The molecule has 0 saturated carbocycles. The van der Waals surface area contributed by atoms with Gasteiger partial charge in [0.15, 0.2) is 0 Å². The van der Waals surface area contributed by atoms with Gasteiger partial charge in [0.1, 0.15) is 6.10 Å². The maximum absolute atomic E-state index is 12.7. The molecule has 3 N–H and O–H groups in total. The van der Waals surface area contributed by atoms with Crippen LogP contribution in [-0.4, -0.2) is 36.7 Å². The van der Waals surface area contributed by atoms with Crippen LogP contribution in [0.2, 0.25) is 0 Å². The average molecular weight is 402 g/mol. The zero-order valence-corrected chi connectivity index (χ0v) is 14.8. The van der Waals surface area contributed by atoms with Gasteiger partial charge >= 0.3 is 18.0 Å². The molecule has 0 aliphatic heterocycles. The summed E-state index contributed by atoms with van der Waals surface area (Å²) in [5, 5.41) is 17.0. The molecule has 0 bridgehead atoms. The summed E-state index contributed by atoms with van der Waals surface area (Å²) in [6.07, 6.45) is -5.12. The lowest BCUT2D eigenvalue weighted by molar-refractivity contribution is -0.137. The van der Waals surface area contributed by atoms with Gasteiger partial charge in [0.05, 0.1) is 18.8 Å². The summed E-state index contributed by atoms with van der Waals surface area (Å²) < 4.78 is 43.5. The van der Waals surface area contributed by atoms with Crippen molar-refractivity contribution in [2.24, 2.45) is 0 Å². The van der Waals surface area contributed by atoms with E-state index < -0.39 is 29.7 Å². The maximum atomic E-state index is 12.7. The first-order valence-electron chi connectivity index (χ1n) is 7.82. The van der Waals surface area contributed by atoms with Gasteiger partial charge in [-0.3, -0.25) is 9.59 Å². The van der Waals surface area contributed by atoms with Crippen LogP contribution in [0.5, 0.6) is 0 Å². The highest BCUT2D eigenvalue weighted by Crippen LogP contribution is 2.30. The van der Waals surface area contributed by atoms with Crippen LogP contribution in [0.3, 0.4) is 0 Å². The smallest absolute Gasteiger partial charge is 0.394 e. The molecule has 2 rings (SSSR count). The summed E-state index contributed by atoms with van der Waals surface area (Å²) in [4.78, 5) is 23.8. The molecule has 1 heterocycles. The highest BCUT2D eigenvalue weighted by Gasteiger charge is 2.30. The Hall–Kier alpha value is -2.43. The van der Waals surface area contributed by atoms with Crippen LogP contribution in [-0.2, 0) is 20.5 Å². The standard InChI is InChI=1S/C17H17F3N2O4S/c18-17(19,20)12-2-1-3-13(8-12)22-16(25)15(24)21-9-14(26-6-5-23)11-4-7-27-10-11/h1-4,7-8,10,14,23H,5-6,9H2,(H,21,24)(H,22,25). The van der Waals surface area contributed by atoms with Gasteiger partial charge in [0, 0.05) is 12.2 Å². The molecule has 0 aliphatic carbocycles. The molecule has 1 unspecified atom stereocenters. The Morgan fingerprint density at radius 3 is 2.63 bits per heavy atom. The van der Waals surface area contributed by atoms with Gasteiger partial charge in [-0.1, -0.05) is 6.07 Å². The lowest BCUT2D eigenvalue weighted by atomic mass is 10.2. The molecule has 0 aliphatic rings. The number of rotatable bonds is 7. The molecule has 6 nitrogen and oxygen atoms in total. The topological polar surface area (TPSA) is 87.7 Å². The first-order valence-corrected chi connectivity index (χ1v) is 8.76. The number of carbonyl (C=O) groups excluding carboxylic acids is 2. The number of halogens is 3. The van der Waals surface area contributed by atoms with Crippen LogP contribution in [0.4, 0.5) is 18.9 Å². The first kappa shape index (κ1) is 20.9. The molecule has 1 aromatic carbocycles. The number of nitrogens with one attached hydrogen (secondary N) is 2. The van der Waals surface area contributed by atoms with Gasteiger partial charge in [-0.05, 0) is 40.6 Å². The van der Waals surface area contributed by atoms with E-state index in [4.69, 9.17) is 9.84 Å². The molecule has 10 heteroatoms. The number of aliphatic hydroxyl groups is 1. The fraction of sp³-hybridized carbons (Fsp3) is 0.294. The van der Waals surface area contributed by atoms with Crippen molar-refractivity contribution in [1.29, 1.82) is 0 Å². The summed E-state index contributed by atoms with van der Waals surface area (Å²) in [7, 11) is 0. The van der Waals surface area contributed by atoms with E-state index >= 15 is 0 Å². The molecule has 146 valence electrons. The highest BCUT2D eigenvalue weighted by atomic mass is 32.1. The number of carbonyl (C=O) groups is 2. The summed E-state index contributed by atoms with van der Waals surface area (Å²) in [5.41, 5.74) is -0.307. The Kier molecular flexibility index (Phi) is 7.34. The lowest BCUT2D eigenvalue weighted by Gasteiger charge is -2.17. The van der Waals surface area contributed by atoms with E-state index in [2.05, 4.69) is 10.6 Å². The predicted molar refractivity (Wildman–Crippen MR) is 93.2 cm³/mol. The molecular formula is C17H17F3N2O4S.